The number of carbonyl (C=O) groups excluding carboxylic acids is 3. The average molecular weight is 582 g/mol. The summed E-state index contributed by atoms with van der Waals surface area (Å²) in [6, 6.07) is 8.73. The third-order valence-corrected chi connectivity index (χ3v) is 5.71. The first kappa shape index (κ1) is 30.1. The van der Waals surface area contributed by atoms with E-state index in [0.29, 0.717) is 17.7 Å². The summed E-state index contributed by atoms with van der Waals surface area (Å²) in [5.74, 6) is -6.34. The van der Waals surface area contributed by atoms with Crippen LogP contribution >= 0.6 is 11.6 Å². The Bertz CT molecular complexity index is 1480. The van der Waals surface area contributed by atoms with Gasteiger partial charge in [-0.1, -0.05) is 23.7 Å². The molecule has 0 spiro atoms. The van der Waals surface area contributed by atoms with Gasteiger partial charge in [-0.25, -0.2) is 14.8 Å². The van der Waals surface area contributed by atoms with Gasteiger partial charge in [-0.15, -0.1) is 0 Å². The van der Waals surface area contributed by atoms with E-state index in [0.717, 1.165) is 19.1 Å². The zero-order valence-corrected chi connectivity index (χ0v) is 21.2. The molecule has 3 amide bonds. The molecule has 0 aliphatic heterocycles. The van der Waals surface area contributed by atoms with Crippen molar-refractivity contribution in [1.82, 2.24) is 15.8 Å². The van der Waals surface area contributed by atoms with Crippen molar-refractivity contribution in [3.63, 3.8) is 0 Å². The van der Waals surface area contributed by atoms with Crippen LogP contribution in [-0.2, 0) is 17.5 Å². The SMILES string of the molecule is C[C@H](NN(C(=O)c1cc(F)cc(C(F)(F)F)c1)C(=O)c1ccc(C(=O)NCc2cccc(O)c2)cc1Cl)C(=O)O. The molecule has 0 heterocycles. The molecule has 0 bridgehead atoms. The highest BCUT2D eigenvalue weighted by Crippen LogP contribution is 2.31. The third-order valence-electron chi connectivity index (χ3n) is 5.40. The molecule has 14 heteroatoms. The summed E-state index contributed by atoms with van der Waals surface area (Å²) in [7, 11) is 0. The van der Waals surface area contributed by atoms with E-state index in [1.165, 1.54) is 18.2 Å². The molecule has 0 radical (unpaired) electrons. The summed E-state index contributed by atoms with van der Waals surface area (Å²) >= 11 is 6.19. The highest BCUT2D eigenvalue weighted by Gasteiger charge is 2.34. The number of phenols is 1. The topological polar surface area (TPSA) is 136 Å². The molecular formula is C26H20ClF4N3O6. The van der Waals surface area contributed by atoms with Gasteiger partial charge in [-0.05, 0) is 61.0 Å². The fourth-order valence-corrected chi connectivity index (χ4v) is 3.63. The van der Waals surface area contributed by atoms with Crippen molar-refractivity contribution in [3.05, 3.63) is 99.3 Å². The monoisotopic (exact) mass is 581 g/mol. The summed E-state index contributed by atoms with van der Waals surface area (Å²) in [5, 5.41) is 21.1. The van der Waals surface area contributed by atoms with Gasteiger partial charge in [0.1, 0.15) is 17.6 Å². The number of aliphatic carboxylic acids is 1. The lowest BCUT2D eigenvalue weighted by atomic mass is 10.1. The number of hydrogen-bond acceptors (Lipinski definition) is 6. The molecule has 0 unspecified atom stereocenters. The molecule has 3 rings (SSSR count). The largest absolute Gasteiger partial charge is 0.508 e. The first-order chi connectivity index (χ1) is 18.7. The Balaban J connectivity index is 1.90. The first-order valence-corrected chi connectivity index (χ1v) is 11.7. The van der Waals surface area contributed by atoms with E-state index < -0.39 is 58.4 Å². The van der Waals surface area contributed by atoms with Crippen LogP contribution in [0.2, 0.25) is 5.02 Å². The Morgan fingerprint density at radius 2 is 1.68 bits per heavy atom. The molecule has 0 aliphatic rings. The van der Waals surface area contributed by atoms with Crippen LogP contribution in [-0.4, -0.2) is 45.0 Å². The number of carboxylic acid groups (broad SMARTS) is 1. The predicted octanol–water partition coefficient (Wildman–Crippen LogP) is 4.39. The minimum Gasteiger partial charge on any atom is -0.508 e. The van der Waals surface area contributed by atoms with Crippen molar-refractivity contribution < 1.29 is 47.0 Å². The van der Waals surface area contributed by atoms with E-state index in [2.05, 4.69) is 10.7 Å². The first-order valence-electron chi connectivity index (χ1n) is 11.3. The Hall–Kier alpha value is -4.49. The summed E-state index contributed by atoms with van der Waals surface area (Å²) in [6.45, 7) is 1.09. The standard InChI is InChI=1S/C26H20ClF4N3O6/c1-13(25(39)40)33-34(23(37)16-8-17(26(29,30)31)11-18(28)9-16)24(38)20-6-5-15(10-21(20)27)22(36)32-12-14-3-2-4-19(35)7-14/h2-11,13,33,35H,12H2,1H3,(H,32,36)(H,39,40)/t13-/m0/s1. The van der Waals surface area contributed by atoms with Crippen LogP contribution in [0.25, 0.3) is 0 Å². The minimum absolute atomic E-state index is 0.00421. The van der Waals surface area contributed by atoms with Crippen molar-refractivity contribution in [2.45, 2.75) is 25.7 Å². The zero-order chi connectivity index (χ0) is 29.8. The van der Waals surface area contributed by atoms with Crippen molar-refractivity contribution in [3.8, 4) is 5.75 Å². The van der Waals surface area contributed by atoms with Crippen LogP contribution < -0.4 is 10.7 Å². The summed E-state index contributed by atoms with van der Waals surface area (Å²) in [5.41, 5.74) is -0.173. The lowest BCUT2D eigenvalue weighted by molar-refractivity contribution is -0.140. The van der Waals surface area contributed by atoms with Gasteiger partial charge in [-0.2, -0.15) is 13.2 Å². The van der Waals surface area contributed by atoms with Crippen molar-refractivity contribution in [1.29, 1.82) is 0 Å². The molecule has 0 aliphatic carbocycles. The van der Waals surface area contributed by atoms with Gasteiger partial charge in [0.15, 0.2) is 0 Å². The van der Waals surface area contributed by atoms with E-state index in [-0.39, 0.29) is 34.0 Å². The predicted molar refractivity (Wildman–Crippen MR) is 133 cm³/mol. The lowest BCUT2D eigenvalue weighted by Gasteiger charge is -2.25. The molecular weight excluding hydrogens is 562 g/mol. The van der Waals surface area contributed by atoms with Crippen molar-refractivity contribution in [2.24, 2.45) is 0 Å². The van der Waals surface area contributed by atoms with E-state index in [1.54, 1.807) is 12.1 Å². The molecule has 0 saturated heterocycles. The van der Waals surface area contributed by atoms with Crippen LogP contribution in [0.15, 0.2) is 60.7 Å². The van der Waals surface area contributed by atoms with Crippen LogP contribution in [0.3, 0.4) is 0 Å². The Kier molecular flexibility index (Phi) is 9.12. The Morgan fingerprint density at radius 1 is 0.975 bits per heavy atom. The zero-order valence-electron chi connectivity index (χ0n) is 20.4. The number of hydrazine groups is 1. The smallest absolute Gasteiger partial charge is 0.416 e. The number of aromatic hydroxyl groups is 1. The molecule has 3 aromatic rings. The van der Waals surface area contributed by atoms with Gasteiger partial charge in [0, 0.05) is 17.7 Å². The number of amides is 3. The quantitative estimate of drug-likeness (QED) is 0.176. The average Bonchev–Trinajstić information content (AvgIpc) is 2.88. The molecule has 9 nitrogen and oxygen atoms in total. The normalized spacial score (nSPS) is 11.9. The maximum Gasteiger partial charge on any atom is 0.416 e. The fourth-order valence-electron chi connectivity index (χ4n) is 3.37. The number of carbonyl (C=O) groups is 4. The van der Waals surface area contributed by atoms with E-state index in [1.807, 2.05) is 0 Å². The summed E-state index contributed by atoms with van der Waals surface area (Å²) in [4.78, 5) is 50.2. The number of nitrogens with one attached hydrogen (secondary N) is 2. The van der Waals surface area contributed by atoms with Crippen LogP contribution in [0, 0.1) is 5.82 Å². The van der Waals surface area contributed by atoms with Gasteiger partial charge in [-0.3, -0.25) is 19.2 Å². The van der Waals surface area contributed by atoms with E-state index in [9.17, 15) is 47.0 Å². The van der Waals surface area contributed by atoms with Crippen LogP contribution in [0.4, 0.5) is 17.6 Å². The van der Waals surface area contributed by atoms with Crippen molar-refractivity contribution >= 4 is 35.3 Å². The van der Waals surface area contributed by atoms with E-state index >= 15 is 0 Å². The number of hydrogen-bond donors (Lipinski definition) is 4. The number of carboxylic acids is 1. The van der Waals surface area contributed by atoms with Crippen molar-refractivity contribution in [2.75, 3.05) is 0 Å². The van der Waals surface area contributed by atoms with Gasteiger partial charge in [0.25, 0.3) is 17.7 Å². The number of nitrogens with zero attached hydrogens (tertiary/aromatic N) is 1. The molecule has 0 saturated carbocycles. The van der Waals surface area contributed by atoms with Gasteiger partial charge >= 0.3 is 12.1 Å². The number of imide groups is 1. The highest BCUT2D eigenvalue weighted by molar-refractivity contribution is 6.34. The van der Waals surface area contributed by atoms with Crippen LogP contribution in [0.5, 0.6) is 5.75 Å². The van der Waals surface area contributed by atoms with E-state index in [4.69, 9.17) is 11.6 Å². The van der Waals surface area contributed by atoms with Crippen LogP contribution in [0.1, 0.15) is 49.1 Å². The Labute approximate surface area is 228 Å². The number of halogens is 5. The second-order valence-electron chi connectivity index (χ2n) is 8.41. The molecule has 0 fully saturated rings. The summed E-state index contributed by atoms with van der Waals surface area (Å²) in [6.07, 6.45) is -5.02. The third kappa shape index (κ3) is 7.33. The van der Waals surface area contributed by atoms with Gasteiger partial charge < -0.3 is 15.5 Å². The van der Waals surface area contributed by atoms with Gasteiger partial charge in [0.05, 0.1) is 16.1 Å². The molecule has 210 valence electrons. The maximum atomic E-state index is 13.9. The number of benzene rings is 3. The second kappa shape index (κ2) is 12.1. The molecule has 40 heavy (non-hydrogen) atoms. The second-order valence-corrected chi connectivity index (χ2v) is 8.82. The number of phenolic OH excluding ortho intramolecular Hbond substituents is 1. The number of alkyl halides is 3. The van der Waals surface area contributed by atoms with Gasteiger partial charge in [0.2, 0.25) is 0 Å². The minimum atomic E-state index is -5.02. The summed E-state index contributed by atoms with van der Waals surface area (Å²) < 4.78 is 53.4. The number of rotatable bonds is 8. The molecule has 1 atom stereocenters. The molecule has 0 aromatic heterocycles. The molecule has 3 aromatic carbocycles. The fraction of sp³-hybridized carbons (Fsp3) is 0.154. The lowest BCUT2D eigenvalue weighted by Crippen LogP contribution is -2.53. The molecule has 4 N–H and O–H groups in total. The maximum absolute atomic E-state index is 13.9. The highest BCUT2D eigenvalue weighted by atomic mass is 35.5. The Morgan fingerprint density at radius 3 is 2.27 bits per heavy atom.